The second-order valence-corrected chi connectivity index (χ2v) is 5.77. The van der Waals surface area contributed by atoms with Gasteiger partial charge in [-0.05, 0) is 38.5 Å². The monoisotopic (exact) mass is 310 g/mol. The van der Waals surface area contributed by atoms with Crippen LogP contribution in [0.2, 0.25) is 0 Å². The normalized spacial score (nSPS) is 10.4. The van der Waals surface area contributed by atoms with E-state index in [-0.39, 0.29) is 17.9 Å². The summed E-state index contributed by atoms with van der Waals surface area (Å²) >= 11 is 0. The lowest BCUT2D eigenvalue weighted by molar-refractivity contribution is 0.101. The van der Waals surface area contributed by atoms with Crippen molar-refractivity contribution in [3.05, 3.63) is 65.7 Å². The maximum Gasteiger partial charge on any atom is 0.322 e. The van der Waals surface area contributed by atoms with E-state index in [0.29, 0.717) is 17.8 Å². The first-order chi connectivity index (χ1) is 11.0. The lowest BCUT2D eigenvalue weighted by atomic mass is 10.1. The van der Waals surface area contributed by atoms with Gasteiger partial charge < -0.3 is 10.2 Å². The van der Waals surface area contributed by atoms with Crippen LogP contribution in [0.1, 0.15) is 36.7 Å². The van der Waals surface area contributed by atoms with Gasteiger partial charge in [0, 0.05) is 23.8 Å². The molecule has 120 valence electrons. The summed E-state index contributed by atoms with van der Waals surface area (Å²) in [7, 11) is 0. The van der Waals surface area contributed by atoms with Crippen molar-refractivity contribution in [3.63, 3.8) is 0 Å². The minimum atomic E-state index is -0.176. The maximum absolute atomic E-state index is 12.6. The Morgan fingerprint density at radius 2 is 1.74 bits per heavy atom. The number of benzene rings is 2. The first-order valence-corrected chi connectivity index (χ1v) is 7.70. The minimum Gasteiger partial charge on any atom is -0.318 e. The van der Waals surface area contributed by atoms with E-state index in [4.69, 9.17) is 0 Å². The number of carbonyl (C=O) groups is 2. The number of nitrogens with zero attached hydrogens (tertiary/aromatic N) is 1. The maximum atomic E-state index is 12.6. The third kappa shape index (κ3) is 4.68. The number of rotatable bonds is 5. The summed E-state index contributed by atoms with van der Waals surface area (Å²) in [6.07, 6.45) is 0. The minimum absolute atomic E-state index is 0.0221. The smallest absolute Gasteiger partial charge is 0.318 e. The van der Waals surface area contributed by atoms with Crippen molar-refractivity contribution in [1.82, 2.24) is 4.90 Å². The number of amides is 2. The van der Waals surface area contributed by atoms with Crippen LogP contribution in [0, 0.1) is 0 Å². The molecule has 0 bridgehead atoms. The molecule has 0 unspecified atom stereocenters. The molecule has 0 spiro atoms. The number of anilines is 1. The number of nitrogens with one attached hydrogen (secondary N) is 1. The average Bonchev–Trinajstić information content (AvgIpc) is 2.53. The predicted octanol–water partition coefficient (Wildman–Crippen LogP) is 4.33. The van der Waals surface area contributed by atoms with Gasteiger partial charge in [-0.1, -0.05) is 42.5 Å². The molecule has 0 fully saturated rings. The third-order valence-electron chi connectivity index (χ3n) is 3.60. The molecule has 2 amide bonds. The number of hydrogen-bond acceptors (Lipinski definition) is 2. The standard InChI is InChI=1S/C19H22N2O2/c1-14(2)21(13-16-8-5-4-6-9-16)19(23)20-18-11-7-10-17(12-18)15(3)22/h4-12,14H,13H2,1-3H3,(H,20,23). The van der Waals surface area contributed by atoms with Crippen LogP contribution in [-0.4, -0.2) is 22.8 Å². The highest BCUT2D eigenvalue weighted by molar-refractivity contribution is 5.96. The molecule has 0 saturated carbocycles. The van der Waals surface area contributed by atoms with Gasteiger partial charge in [0.2, 0.25) is 0 Å². The lowest BCUT2D eigenvalue weighted by Crippen LogP contribution is -2.39. The van der Waals surface area contributed by atoms with Crippen molar-refractivity contribution in [2.45, 2.75) is 33.4 Å². The summed E-state index contributed by atoms with van der Waals surface area (Å²) in [5.74, 6) is -0.0221. The molecule has 0 aliphatic rings. The molecule has 0 aliphatic carbocycles. The summed E-state index contributed by atoms with van der Waals surface area (Å²) in [6.45, 7) is 6.01. The van der Waals surface area contributed by atoms with Gasteiger partial charge in [0.05, 0.1) is 0 Å². The fourth-order valence-corrected chi connectivity index (χ4v) is 2.28. The number of hydrogen-bond donors (Lipinski definition) is 1. The number of carbonyl (C=O) groups excluding carboxylic acids is 2. The van der Waals surface area contributed by atoms with E-state index >= 15 is 0 Å². The van der Waals surface area contributed by atoms with Crippen LogP contribution >= 0.6 is 0 Å². The molecule has 2 rings (SSSR count). The van der Waals surface area contributed by atoms with Crippen LogP contribution in [0.4, 0.5) is 10.5 Å². The van der Waals surface area contributed by atoms with Gasteiger partial charge in [0.1, 0.15) is 0 Å². The summed E-state index contributed by atoms with van der Waals surface area (Å²) in [5, 5.41) is 2.87. The highest BCUT2D eigenvalue weighted by atomic mass is 16.2. The predicted molar refractivity (Wildman–Crippen MR) is 92.6 cm³/mol. The van der Waals surface area contributed by atoms with Crippen molar-refractivity contribution in [3.8, 4) is 0 Å². The molecule has 4 nitrogen and oxygen atoms in total. The fraction of sp³-hybridized carbons (Fsp3) is 0.263. The zero-order valence-electron chi connectivity index (χ0n) is 13.7. The third-order valence-corrected chi connectivity index (χ3v) is 3.60. The van der Waals surface area contributed by atoms with Gasteiger partial charge in [-0.25, -0.2) is 4.79 Å². The van der Waals surface area contributed by atoms with Crippen molar-refractivity contribution < 1.29 is 9.59 Å². The van der Waals surface area contributed by atoms with Gasteiger partial charge in [0.25, 0.3) is 0 Å². The average molecular weight is 310 g/mol. The summed E-state index contributed by atoms with van der Waals surface area (Å²) in [5.41, 5.74) is 2.29. The molecule has 2 aromatic rings. The topological polar surface area (TPSA) is 49.4 Å². The first kappa shape index (κ1) is 16.7. The Bertz CT molecular complexity index is 681. The van der Waals surface area contributed by atoms with Crippen molar-refractivity contribution in [1.29, 1.82) is 0 Å². The SMILES string of the molecule is CC(=O)c1cccc(NC(=O)N(Cc2ccccc2)C(C)C)c1. The fourth-order valence-electron chi connectivity index (χ4n) is 2.28. The Morgan fingerprint density at radius 1 is 1.04 bits per heavy atom. The molecule has 4 heteroatoms. The molecule has 23 heavy (non-hydrogen) atoms. The van der Waals surface area contributed by atoms with Gasteiger partial charge >= 0.3 is 6.03 Å². The van der Waals surface area contributed by atoms with Crippen LogP contribution in [-0.2, 0) is 6.54 Å². The first-order valence-electron chi connectivity index (χ1n) is 7.70. The van der Waals surface area contributed by atoms with Crippen LogP contribution in [0.5, 0.6) is 0 Å². The highest BCUT2D eigenvalue weighted by Crippen LogP contribution is 2.14. The molecular weight excluding hydrogens is 288 g/mol. The molecule has 0 aromatic heterocycles. The van der Waals surface area contributed by atoms with E-state index in [0.717, 1.165) is 5.56 Å². The largest absolute Gasteiger partial charge is 0.322 e. The Morgan fingerprint density at radius 3 is 2.35 bits per heavy atom. The molecule has 0 aliphatic heterocycles. The molecule has 0 heterocycles. The van der Waals surface area contributed by atoms with E-state index in [1.165, 1.54) is 6.92 Å². The van der Waals surface area contributed by atoms with E-state index in [1.807, 2.05) is 44.2 Å². The Kier molecular flexibility index (Phi) is 5.52. The van der Waals surface area contributed by atoms with Crippen LogP contribution in [0.3, 0.4) is 0 Å². The zero-order chi connectivity index (χ0) is 16.8. The second kappa shape index (κ2) is 7.58. The van der Waals surface area contributed by atoms with E-state index < -0.39 is 0 Å². The van der Waals surface area contributed by atoms with E-state index in [9.17, 15) is 9.59 Å². The molecule has 0 saturated heterocycles. The van der Waals surface area contributed by atoms with Crippen LogP contribution in [0.25, 0.3) is 0 Å². The Balaban J connectivity index is 2.12. The molecule has 2 aromatic carbocycles. The highest BCUT2D eigenvalue weighted by Gasteiger charge is 2.17. The van der Waals surface area contributed by atoms with Gasteiger partial charge in [0.15, 0.2) is 5.78 Å². The van der Waals surface area contributed by atoms with Crippen molar-refractivity contribution in [2.24, 2.45) is 0 Å². The van der Waals surface area contributed by atoms with Crippen LogP contribution < -0.4 is 5.32 Å². The van der Waals surface area contributed by atoms with Gasteiger partial charge in [-0.2, -0.15) is 0 Å². The van der Waals surface area contributed by atoms with Crippen LogP contribution in [0.15, 0.2) is 54.6 Å². The van der Waals surface area contributed by atoms with Crippen molar-refractivity contribution in [2.75, 3.05) is 5.32 Å². The summed E-state index contributed by atoms with van der Waals surface area (Å²) in [4.78, 5) is 25.8. The molecule has 1 N–H and O–H groups in total. The number of Topliss-reactive ketones (excluding diaryl/α,β-unsaturated/α-hetero) is 1. The lowest BCUT2D eigenvalue weighted by Gasteiger charge is -2.27. The quantitative estimate of drug-likeness (QED) is 0.836. The Hall–Kier alpha value is -2.62. The molecule has 0 radical (unpaired) electrons. The number of urea groups is 1. The Labute approximate surface area is 137 Å². The van der Waals surface area contributed by atoms with Gasteiger partial charge in [-0.15, -0.1) is 0 Å². The molecular formula is C19H22N2O2. The molecule has 0 atom stereocenters. The van der Waals surface area contributed by atoms with E-state index in [2.05, 4.69) is 5.32 Å². The zero-order valence-corrected chi connectivity index (χ0v) is 13.7. The van der Waals surface area contributed by atoms with Crippen molar-refractivity contribution >= 4 is 17.5 Å². The second-order valence-electron chi connectivity index (χ2n) is 5.77. The van der Waals surface area contributed by atoms with E-state index in [1.54, 1.807) is 29.2 Å². The van der Waals surface area contributed by atoms with Gasteiger partial charge in [-0.3, -0.25) is 4.79 Å². The summed E-state index contributed by atoms with van der Waals surface area (Å²) in [6, 6.07) is 16.7. The summed E-state index contributed by atoms with van der Waals surface area (Å²) < 4.78 is 0. The number of ketones is 1.